The summed E-state index contributed by atoms with van der Waals surface area (Å²) in [5.41, 5.74) is 15.2. The molecular formula is C34H37N7O3. The summed E-state index contributed by atoms with van der Waals surface area (Å²) in [5, 5.41) is 19.3. The molecule has 0 aromatic heterocycles. The van der Waals surface area contributed by atoms with E-state index < -0.39 is 17.9 Å². The van der Waals surface area contributed by atoms with Crippen molar-refractivity contribution in [3.8, 4) is 5.75 Å². The summed E-state index contributed by atoms with van der Waals surface area (Å²) in [4.78, 5) is 32.4. The van der Waals surface area contributed by atoms with Gasteiger partial charge in [-0.15, -0.1) is 0 Å². The van der Waals surface area contributed by atoms with Gasteiger partial charge in [-0.2, -0.15) is 5.10 Å². The number of rotatable bonds is 13. The van der Waals surface area contributed by atoms with E-state index in [0.717, 1.165) is 27.8 Å². The smallest absolute Gasteiger partial charge is 0.243 e. The molecule has 4 aromatic rings. The molecule has 4 aromatic carbocycles. The Morgan fingerprint density at radius 1 is 0.773 bits per heavy atom. The molecule has 10 heteroatoms. The number of hydrazone groups is 1. The summed E-state index contributed by atoms with van der Waals surface area (Å²) in [6.07, 6.45) is 1.88. The fraction of sp³-hybridized carbons (Fsp3) is 0.176. The van der Waals surface area contributed by atoms with E-state index >= 15 is 0 Å². The number of aliphatic imine (C=N–C) groups is 1. The van der Waals surface area contributed by atoms with Gasteiger partial charge in [0.15, 0.2) is 5.96 Å². The van der Waals surface area contributed by atoms with Crippen LogP contribution in [0.2, 0.25) is 0 Å². The Kier molecular flexibility index (Phi) is 11.1. The number of carbonyl (C=O) groups excluding carboxylic acids is 2. The van der Waals surface area contributed by atoms with Gasteiger partial charge < -0.3 is 33.1 Å². The van der Waals surface area contributed by atoms with Gasteiger partial charge in [0.05, 0.1) is 12.1 Å². The molecule has 0 bridgehead atoms. The Morgan fingerprint density at radius 2 is 1.36 bits per heavy atom. The Labute approximate surface area is 256 Å². The second-order valence-corrected chi connectivity index (χ2v) is 10.3. The molecule has 4 rings (SSSR count). The van der Waals surface area contributed by atoms with Crippen molar-refractivity contribution < 1.29 is 14.7 Å². The molecule has 0 spiro atoms. The Bertz CT molecular complexity index is 1520. The van der Waals surface area contributed by atoms with Gasteiger partial charge in [-0.1, -0.05) is 97.1 Å². The van der Waals surface area contributed by atoms with E-state index in [2.05, 4.69) is 20.7 Å². The Balaban J connectivity index is 1.72. The van der Waals surface area contributed by atoms with Crippen LogP contribution in [0.25, 0.3) is 0 Å². The zero-order chi connectivity index (χ0) is 31.3. The number of hydrogen-bond acceptors (Lipinski definition) is 6. The quantitative estimate of drug-likeness (QED) is 0.0601. The van der Waals surface area contributed by atoms with Gasteiger partial charge in [-0.05, 0) is 46.4 Å². The van der Waals surface area contributed by atoms with E-state index in [1.165, 1.54) is 6.21 Å². The third kappa shape index (κ3) is 8.68. The highest BCUT2D eigenvalue weighted by Gasteiger charge is 2.34. The highest BCUT2D eigenvalue weighted by molar-refractivity contribution is 5.93. The highest BCUT2D eigenvalue weighted by atomic mass is 16.3. The molecule has 0 saturated heterocycles. The molecule has 0 unspecified atom stereocenters. The summed E-state index contributed by atoms with van der Waals surface area (Å²) >= 11 is 0. The number of nitrogens with zero attached hydrogens (tertiary/aromatic N) is 2. The number of benzene rings is 4. The van der Waals surface area contributed by atoms with Gasteiger partial charge in [0.2, 0.25) is 11.8 Å². The first kappa shape index (κ1) is 31.3. The van der Waals surface area contributed by atoms with Crippen LogP contribution < -0.4 is 27.9 Å². The summed E-state index contributed by atoms with van der Waals surface area (Å²) < 4.78 is 0. The second-order valence-electron chi connectivity index (χ2n) is 10.3. The summed E-state index contributed by atoms with van der Waals surface area (Å²) in [6, 6.07) is 31.8. The van der Waals surface area contributed by atoms with E-state index in [4.69, 9.17) is 17.3 Å². The van der Waals surface area contributed by atoms with Crippen LogP contribution in [0.5, 0.6) is 5.75 Å². The van der Waals surface area contributed by atoms with E-state index in [9.17, 15) is 14.7 Å². The molecule has 0 fully saturated rings. The molecule has 0 aliphatic rings. The standard InChI is InChI=1S/C34H37N7O3/c35-34(36)38-20-19-29(25-15-11-24(12-16-25)22-40-37)31(33(44)39-21-23-13-17-28(42)18-14-23)41-32(43)30(26-7-3-1-4-8-26)27-9-5-2-6-10-27/h1-18,22,29-31,42H,19-21,37H2,(H,39,44)(H,41,43)(H4,35,36,38)/t29-,31+/m0/s1. The zero-order valence-electron chi connectivity index (χ0n) is 24.2. The number of phenolic OH excluding ortho intramolecular Hbond substituents is 1. The fourth-order valence-corrected chi connectivity index (χ4v) is 5.06. The molecule has 0 aliphatic carbocycles. The first-order chi connectivity index (χ1) is 21.4. The number of nitrogens with two attached hydrogens (primary N) is 3. The maximum atomic E-state index is 14.2. The van der Waals surface area contributed by atoms with E-state index in [0.29, 0.717) is 6.42 Å². The van der Waals surface area contributed by atoms with Gasteiger partial charge in [0.25, 0.3) is 0 Å². The van der Waals surface area contributed by atoms with Crippen molar-refractivity contribution in [3.63, 3.8) is 0 Å². The zero-order valence-corrected chi connectivity index (χ0v) is 24.2. The molecular weight excluding hydrogens is 554 g/mol. The summed E-state index contributed by atoms with van der Waals surface area (Å²) in [6.45, 7) is 0.427. The predicted molar refractivity (Wildman–Crippen MR) is 173 cm³/mol. The number of phenols is 1. The maximum Gasteiger partial charge on any atom is 0.243 e. The molecule has 0 radical (unpaired) electrons. The van der Waals surface area contributed by atoms with Gasteiger partial charge in [0.1, 0.15) is 11.8 Å². The van der Waals surface area contributed by atoms with Crippen molar-refractivity contribution in [1.82, 2.24) is 10.6 Å². The number of hydrogen-bond donors (Lipinski definition) is 6. The number of amides is 2. The number of carbonyl (C=O) groups is 2. The van der Waals surface area contributed by atoms with Crippen LogP contribution in [0.1, 0.15) is 46.1 Å². The van der Waals surface area contributed by atoms with Gasteiger partial charge >= 0.3 is 0 Å². The minimum Gasteiger partial charge on any atom is -0.508 e. The Hall–Kier alpha value is -5.64. The van der Waals surface area contributed by atoms with Gasteiger partial charge in [-0.3, -0.25) is 14.6 Å². The average molecular weight is 592 g/mol. The molecule has 226 valence electrons. The maximum absolute atomic E-state index is 14.2. The van der Waals surface area contributed by atoms with Crippen LogP contribution in [0.15, 0.2) is 119 Å². The SMILES string of the molecule is NN=Cc1ccc([C@H](CCN=C(N)N)[C@@H](NC(=O)C(c2ccccc2)c2ccccc2)C(=O)NCc2ccc(O)cc2)cc1. The third-order valence-electron chi connectivity index (χ3n) is 7.24. The molecule has 9 N–H and O–H groups in total. The van der Waals surface area contributed by atoms with E-state index in [-0.39, 0.29) is 36.6 Å². The van der Waals surface area contributed by atoms with E-state index in [1.54, 1.807) is 24.3 Å². The monoisotopic (exact) mass is 591 g/mol. The number of guanidine groups is 1. The largest absolute Gasteiger partial charge is 0.508 e. The third-order valence-corrected chi connectivity index (χ3v) is 7.24. The topological polar surface area (TPSA) is 181 Å². The molecule has 2 amide bonds. The first-order valence-corrected chi connectivity index (χ1v) is 14.2. The van der Waals surface area contributed by atoms with Crippen molar-refractivity contribution in [2.24, 2.45) is 27.4 Å². The molecule has 10 nitrogen and oxygen atoms in total. The molecule has 2 atom stereocenters. The van der Waals surface area contributed by atoms with Crippen LogP contribution in [0.4, 0.5) is 0 Å². The average Bonchev–Trinajstić information content (AvgIpc) is 3.03. The van der Waals surface area contributed by atoms with Gasteiger partial charge in [-0.25, -0.2) is 0 Å². The number of aromatic hydroxyl groups is 1. The van der Waals surface area contributed by atoms with Crippen molar-refractivity contribution >= 4 is 24.0 Å². The van der Waals surface area contributed by atoms with Crippen LogP contribution in [-0.4, -0.2) is 41.7 Å². The lowest BCUT2D eigenvalue weighted by Crippen LogP contribution is -2.51. The highest BCUT2D eigenvalue weighted by Crippen LogP contribution is 2.29. The normalized spacial score (nSPS) is 12.4. The van der Waals surface area contributed by atoms with Crippen molar-refractivity contribution in [1.29, 1.82) is 0 Å². The Morgan fingerprint density at radius 3 is 1.91 bits per heavy atom. The number of nitrogens with one attached hydrogen (secondary N) is 2. The van der Waals surface area contributed by atoms with Crippen LogP contribution in [-0.2, 0) is 16.1 Å². The second kappa shape index (κ2) is 15.5. The first-order valence-electron chi connectivity index (χ1n) is 14.2. The fourth-order valence-electron chi connectivity index (χ4n) is 5.06. The summed E-state index contributed by atoms with van der Waals surface area (Å²) in [7, 11) is 0. The van der Waals surface area contributed by atoms with Crippen molar-refractivity contribution in [2.45, 2.75) is 30.8 Å². The lowest BCUT2D eigenvalue weighted by molar-refractivity contribution is -0.130. The minimum absolute atomic E-state index is 0.0659. The van der Waals surface area contributed by atoms with Crippen LogP contribution >= 0.6 is 0 Å². The van der Waals surface area contributed by atoms with Crippen molar-refractivity contribution in [3.05, 3.63) is 137 Å². The lowest BCUT2D eigenvalue weighted by atomic mass is 9.85. The lowest BCUT2D eigenvalue weighted by Gasteiger charge is -2.29. The van der Waals surface area contributed by atoms with Crippen LogP contribution in [0.3, 0.4) is 0 Å². The van der Waals surface area contributed by atoms with Crippen LogP contribution in [0, 0.1) is 0 Å². The van der Waals surface area contributed by atoms with Crippen molar-refractivity contribution in [2.75, 3.05) is 6.54 Å². The molecule has 0 heterocycles. The summed E-state index contributed by atoms with van der Waals surface area (Å²) in [5.74, 6) is 3.51. The molecule has 0 aliphatic heterocycles. The minimum atomic E-state index is -0.988. The van der Waals surface area contributed by atoms with Gasteiger partial charge in [0, 0.05) is 19.0 Å². The van der Waals surface area contributed by atoms with E-state index in [1.807, 2.05) is 84.9 Å². The predicted octanol–water partition coefficient (Wildman–Crippen LogP) is 3.07. The molecule has 0 saturated carbocycles. The molecule has 44 heavy (non-hydrogen) atoms.